The number of nitrogens with one attached hydrogen (secondary N) is 2. The number of unbranched alkanes of at least 4 members (excludes halogenated alkanes) is 2. The Kier molecular flexibility index (Phi) is 7.18. The van der Waals surface area contributed by atoms with Crippen LogP contribution in [-0.2, 0) is 4.74 Å². The van der Waals surface area contributed by atoms with Gasteiger partial charge in [0.05, 0.1) is 6.61 Å². The molecule has 0 aliphatic carbocycles. The van der Waals surface area contributed by atoms with Crippen molar-refractivity contribution in [2.45, 2.75) is 38.1 Å². The van der Waals surface area contributed by atoms with Crippen LogP contribution in [0.3, 0.4) is 0 Å². The fourth-order valence-corrected chi connectivity index (χ4v) is 3.01. The average molecular weight is 374 g/mol. The highest BCUT2D eigenvalue weighted by Crippen LogP contribution is 2.20. The van der Waals surface area contributed by atoms with Crippen molar-refractivity contribution >= 4 is 11.8 Å². The number of ether oxygens (including phenoxy) is 1. The molecular weight excluding hydrogens is 348 g/mol. The number of anilines is 1. The number of carboxylic acids is 1. The van der Waals surface area contributed by atoms with Crippen LogP contribution in [0.1, 0.15) is 42.6 Å². The predicted octanol–water partition coefficient (Wildman–Crippen LogP) is 2.79. The van der Waals surface area contributed by atoms with E-state index in [9.17, 15) is 4.79 Å². The van der Waals surface area contributed by atoms with Crippen LogP contribution in [0.5, 0.6) is 0 Å². The third-order valence-corrected chi connectivity index (χ3v) is 4.48. The molecule has 0 bridgehead atoms. The van der Waals surface area contributed by atoms with Gasteiger partial charge in [-0.1, -0.05) is 0 Å². The zero-order valence-electron chi connectivity index (χ0n) is 15.3. The minimum absolute atomic E-state index is 0.109. The van der Waals surface area contributed by atoms with Gasteiger partial charge in [-0.3, -0.25) is 0 Å². The van der Waals surface area contributed by atoms with Crippen molar-refractivity contribution in [1.82, 2.24) is 15.3 Å². The first-order chi connectivity index (χ1) is 13.2. The minimum atomic E-state index is -1.11. The number of aromatic nitrogens is 2. The monoisotopic (exact) mass is 374 g/mol. The number of hydrogen-bond acceptors (Lipinski definition) is 7. The summed E-state index contributed by atoms with van der Waals surface area (Å²) in [5.74, 6) is -0.126. The highest BCUT2D eigenvalue weighted by molar-refractivity contribution is 5.85. The molecule has 1 fully saturated rings. The van der Waals surface area contributed by atoms with Gasteiger partial charge in [-0.05, 0) is 50.8 Å². The first-order valence-electron chi connectivity index (χ1n) is 9.42. The van der Waals surface area contributed by atoms with Crippen molar-refractivity contribution in [2.75, 3.05) is 31.6 Å². The van der Waals surface area contributed by atoms with Crippen molar-refractivity contribution in [2.24, 2.45) is 0 Å². The molecule has 0 spiro atoms. The minimum Gasteiger partial charge on any atom is -0.476 e. The summed E-state index contributed by atoms with van der Waals surface area (Å²) in [7, 11) is 0. The molecule has 146 valence electrons. The predicted molar refractivity (Wildman–Crippen MR) is 101 cm³/mol. The number of pyridine rings is 1. The van der Waals surface area contributed by atoms with Crippen LogP contribution in [0, 0.1) is 0 Å². The molecule has 2 aromatic heterocycles. The third kappa shape index (κ3) is 6.04. The van der Waals surface area contributed by atoms with Crippen LogP contribution in [0.25, 0.3) is 11.5 Å². The van der Waals surface area contributed by atoms with Gasteiger partial charge in [0.1, 0.15) is 12.1 Å². The van der Waals surface area contributed by atoms with Gasteiger partial charge in [0.15, 0.2) is 5.69 Å². The summed E-state index contributed by atoms with van der Waals surface area (Å²) in [5, 5.41) is 15.6. The Bertz CT molecular complexity index is 728. The Morgan fingerprint density at radius 1 is 1.41 bits per heavy atom. The maximum Gasteiger partial charge on any atom is 0.357 e. The van der Waals surface area contributed by atoms with Gasteiger partial charge in [0, 0.05) is 31.0 Å². The van der Waals surface area contributed by atoms with Gasteiger partial charge in [-0.25, -0.2) is 14.8 Å². The average Bonchev–Trinajstić information content (AvgIpc) is 3.36. The van der Waals surface area contributed by atoms with Gasteiger partial charge in [-0.2, -0.15) is 0 Å². The topological polar surface area (TPSA) is 110 Å². The molecule has 1 aliphatic heterocycles. The van der Waals surface area contributed by atoms with Crippen LogP contribution in [0.2, 0.25) is 0 Å². The van der Waals surface area contributed by atoms with Gasteiger partial charge in [0.25, 0.3) is 0 Å². The molecule has 0 saturated carbocycles. The Balaban J connectivity index is 1.33. The second-order valence-corrected chi connectivity index (χ2v) is 6.63. The molecule has 8 nitrogen and oxygen atoms in total. The zero-order valence-corrected chi connectivity index (χ0v) is 15.3. The quantitative estimate of drug-likeness (QED) is 0.515. The van der Waals surface area contributed by atoms with Crippen molar-refractivity contribution in [3.8, 4) is 11.5 Å². The van der Waals surface area contributed by atoms with E-state index in [2.05, 4.69) is 20.6 Å². The lowest BCUT2D eigenvalue weighted by molar-refractivity contribution is 0.0690. The number of rotatable bonds is 11. The fraction of sp³-hybridized carbons (Fsp3) is 0.526. The van der Waals surface area contributed by atoms with Gasteiger partial charge in [0.2, 0.25) is 5.89 Å². The van der Waals surface area contributed by atoms with E-state index in [1.165, 1.54) is 12.8 Å². The first-order valence-corrected chi connectivity index (χ1v) is 9.42. The fourth-order valence-electron chi connectivity index (χ4n) is 3.01. The van der Waals surface area contributed by atoms with Crippen molar-refractivity contribution in [1.29, 1.82) is 0 Å². The van der Waals surface area contributed by atoms with Crippen molar-refractivity contribution in [3.05, 3.63) is 30.3 Å². The van der Waals surface area contributed by atoms with E-state index in [4.69, 9.17) is 14.3 Å². The molecule has 27 heavy (non-hydrogen) atoms. The lowest BCUT2D eigenvalue weighted by atomic mass is 10.2. The molecule has 3 heterocycles. The lowest BCUT2D eigenvalue weighted by Gasteiger charge is -2.10. The van der Waals surface area contributed by atoms with Crippen LogP contribution in [0.4, 0.5) is 5.82 Å². The van der Waals surface area contributed by atoms with Crippen LogP contribution in [0.15, 0.2) is 29.0 Å². The van der Waals surface area contributed by atoms with Crippen molar-refractivity contribution < 1.29 is 19.1 Å². The standard InChI is InChI=1S/C19H26N4O4/c24-19(25)16-13-27-18(23-16)14-6-9-22-17(11-14)21-7-2-1-3-10-26-12-15-5-4-8-20-15/h6,9,11,13,15,20H,1-5,7-8,10,12H2,(H,21,22)(H,24,25). The summed E-state index contributed by atoms with van der Waals surface area (Å²) < 4.78 is 10.9. The molecule has 2 aromatic rings. The lowest BCUT2D eigenvalue weighted by Crippen LogP contribution is -2.26. The molecule has 3 rings (SSSR count). The second kappa shape index (κ2) is 10.0. The third-order valence-electron chi connectivity index (χ3n) is 4.48. The molecule has 0 aromatic carbocycles. The number of carbonyl (C=O) groups is 1. The molecule has 1 aliphatic rings. The van der Waals surface area contributed by atoms with E-state index in [1.807, 2.05) is 0 Å². The maximum absolute atomic E-state index is 10.9. The number of carboxylic acid groups (broad SMARTS) is 1. The highest BCUT2D eigenvalue weighted by atomic mass is 16.5. The number of nitrogens with zero attached hydrogens (tertiary/aromatic N) is 2. The molecule has 0 amide bonds. The van der Waals surface area contributed by atoms with E-state index in [0.29, 0.717) is 17.4 Å². The largest absolute Gasteiger partial charge is 0.476 e. The molecule has 8 heteroatoms. The van der Waals surface area contributed by atoms with E-state index < -0.39 is 5.97 Å². The smallest absolute Gasteiger partial charge is 0.357 e. The Hall–Kier alpha value is -2.45. The normalized spacial score (nSPS) is 16.5. The molecule has 3 N–H and O–H groups in total. The van der Waals surface area contributed by atoms with Crippen molar-refractivity contribution in [3.63, 3.8) is 0 Å². The molecule has 0 radical (unpaired) electrons. The number of hydrogen-bond donors (Lipinski definition) is 3. The summed E-state index contributed by atoms with van der Waals surface area (Å²) in [6.45, 7) is 3.56. The second-order valence-electron chi connectivity index (χ2n) is 6.63. The maximum atomic E-state index is 10.9. The molecule has 1 atom stereocenters. The summed E-state index contributed by atoms with van der Waals surface area (Å²) in [4.78, 5) is 19.1. The van der Waals surface area contributed by atoms with Gasteiger partial charge < -0.3 is 24.9 Å². The number of oxazole rings is 1. The summed E-state index contributed by atoms with van der Waals surface area (Å²) >= 11 is 0. The van der Waals surface area contributed by atoms with Gasteiger partial charge in [-0.15, -0.1) is 0 Å². The number of aromatic carboxylic acids is 1. The van der Waals surface area contributed by atoms with E-state index in [1.54, 1.807) is 18.3 Å². The first kappa shape index (κ1) is 19.3. The molecule has 1 saturated heterocycles. The molecule has 1 unspecified atom stereocenters. The Morgan fingerprint density at radius 2 is 2.33 bits per heavy atom. The van der Waals surface area contributed by atoms with E-state index in [-0.39, 0.29) is 11.6 Å². The van der Waals surface area contributed by atoms with Crippen LogP contribution >= 0.6 is 0 Å². The zero-order chi connectivity index (χ0) is 18.9. The highest BCUT2D eigenvalue weighted by Gasteiger charge is 2.13. The van der Waals surface area contributed by atoms with Crippen LogP contribution in [-0.4, -0.2) is 53.4 Å². The summed E-state index contributed by atoms with van der Waals surface area (Å²) in [5.41, 5.74) is 0.580. The van der Waals surface area contributed by atoms with E-state index in [0.717, 1.165) is 51.8 Å². The van der Waals surface area contributed by atoms with E-state index >= 15 is 0 Å². The van der Waals surface area contributed by atoms with Gasteiger partial charge >= 0.3 is 5.97 Å². The Labute approximate surface area is 158 Å². The summed E-state index contributed by atoms with van der Waals surface area (Å²) in [6.07, 6.45) is 8.43. The van der Waals surface area contributed by atoms with Crippen LogP contribution < -0.4 is 10.6 Å². The summed E-state index contributed by atoms with van der Waals surface area (Å²) in [6, 6.07) is 4.08. The Morgan fingerprint density at radius 3 is 3.11 bits per heavy atom. The molecular formula is C19H26N4O4. The SMILES string of the molecule is O=C(O)c1coc(-c2ccnc(NCCCCCOCC3CCCN3)c2)n1.